The number of halogens is 2. The highest BCUT2D eigenvalue weighted by Gasteiger charge is 2.25. The number of hydrogen-bond acceptors (Lipinski definition) is 6. The number of nitrogens with zero attached hydrogens (tertiary/aromatic N) is 3. The van der Waals surface area contributed by atoms with Crippen LogP contribution in [0.15, 0.2) is 65.8 Å². The van der Waals surface area contributed by atoms with Gasteiger partial charge in [0.05, 0.1) is 11.4 Å². The zero-order chi connectivity index (χ0) is 24.2. The highest BCUT2D eigenvalue weighted by molar-refractivity contribution is 6.31. The Hall–Kier alpha value is -3.39. The molecule has 5 N–H and O–H groups in total. The van der Waals surface area contributed by atoms with Crippen molar-refractivity contribution in [2.45, 2.75) is 13.5 Å². The minimum atomic E-state index is -0.312. The molecular formula is C25H30ClFN6O. The Morgan fingerprint density at radius 3 is 2.53 bits per heavy atom. The van der Waals surface area contributed by atoms with Crippen molar-refractivity contribution in [3.8, 4) is 0 Å². The molecule has 7 nitrogen and oxygen atoms in total. The van der Waals surface area contributed by atoms with Crippen LogP contribution < -0.4 is 21.7 Å². The van der Waals surface area contributed by atoms with E-state index in [1.807, 2.05) is 23.1 Å². The second-order valence-corrected chi connectivity index (χ2v) is 8.90. The third-order valence-electron chi connectivity index (χ3n) is 6.37. The number of piperazine rings is 1. The molecule has 0 bridgehead atoms. The first-order chi connectivity index (χ1) is 16.3. The van der Waals surface area contributed by atoms with Crippen molar-refractivity contribution < 1.29 is 9.18 Å². The molecule has 1 saturated heterocycles. The predicted molar refractivity (Wildman–Crippen MR) is 133 cm³/mol. The van der Waals surface area contributed by atoms with Crippen LogP contribution in [0.1, 0.15) is 11.1 Å². The summed E-state index contributed by atoms with van der Waals surface area (Å²) in [6, 6.07) is 13.1. The molecule has 0 atom stereocenters. The van der Waals surface area contributed by atoms with Crippen LogP contribution in [0.4, 0.5) is 10.1 Å². The largest absolute Gasteiger partial charge is 0.394 e. The minimum Gasteiger partial charge on any atom is -0.394 e. The number of amides is 1. The highest BCUT2D eigenvalue weighted by Crippen LogP contribution is 2.26. The molecule has 2 aromatic carbocycles. The van der Waals surface area contributed by atoms with Gasteiger partial charge in [-0.15, -0.1) is 0 Å². The minimum absolute atomic E-state index is 0.113. The number of hydrogen-bond donors (Lipinski definition) is 3. The van der Waals surface area contributed by atoms with Gasteiger partial charge in [0.2, 0.25) is 0 Å². The van der Waals surface area contributed by atoms with Crippen LogP contribution >= 0.6 is 11.6 Å². The van der Waals surface area contributed by atoms with Crippen molar-refractivity contribution in [2.24, 2.45) is 11.5 Å². The van der Waals surface area contributed by atoms with Gasteiger partial charge in [-0.2, -0.15) is 0 Å². The third kappa shape index (κ3) is 5.07. The van der Waals surface area contributed by atoms with Crippen LogP contribution in [0.2, 0.25) is 5.02 Å². The number of carbonyl (C=O) groups is 1. The third-order valence-corrected chi connectivity index (χ3v) is 6.72. The number of nitrogens with one attached hydrogen (secondary N) is 1. The summed E-state index contributed by atoms with van der Waals surface area (Å²) in [5, 5.41) is 3.60. The second-order valence-electron chi connectivity index (χ2n) is 8.49. The molecule has 34 heavy (non-hydrogen) atoms. The van der Waals surface area contributed by atoms with Gasteiger partial charge in [-0.05, 0) is 48.4 Å². The maximum atomic E-state index is 14.1. The molecule has 0 spiro atoms. The monoisotopic (exact) mass is 484 g/mol. The van der Waals surface area contributed by atoms with E-state index in [0.717, 1.165) is 18.8 Å². The number of para-hydroxylation sites is 1. The van der Waals surface area contributed by atoms with E-state index in [-0.39, 0.29) is 17.4 Å². The van der Waals surface area contributed by atoms with E-state index >= 15 is 0 Å². The van der Waals surface area contributed by atoms with Gasteiger partial charge >= 0.3 is 0 Å². The number of nitrogens with two attached hydrogens (primary N) is 2. The normalized spacial score (nSPS) is 17.1. The lowest BCUT2D eigenvalue weighted by atomic mass is 10.1. The van der Waals surface area contributed by atoms with Crippen LogP contribution in [0, 0.1) is 12.7 Å². The number of anilines is 1. The summed E-state index contributed by atoms with van der Waals surface area (Å²) in [5.41, 5.74) is 15.5. The molecule has 2 heterocycles. The Balaban J connectivity index is 1.48. The van der Waals surface area contributed by atoms with Crippen molar-refractivity contribution in [3.05, 3.63) is 87.7 Å². The molecule has 180 valence electrons. The Morgan fingerprint density at radius 2 is 1.82 bits per heavy atom. The average Bonchev–Trinajstić information content (AvgIpc) is 2.86. The van der Waals surface area contributed by atoms with Gasteiger partial charge in [0.1, 0.15) is 11.6 Å². The lowest BCUT2D eigenvalue weighted by molar-refractivity contribution is -0.127. The van der Waals surface area contributed by atoms with E-state index in [2.05, 4.69) is 22.3 Å². The summed E-state index contributed by atoms with van der Waals surface area (Å²) >= 11 is 6.36. The molecule has 4 rings (SSSR count). The smallest absolute Gasteiger partial charge is 0.269 e. The standard InChI is InChI=1S/C25H30ClFN6O/c1-17-19(20(26)7-8-21(17)27)16-33-10-9-30-24(29)23(33)15-22(28)25(34)32-13-11-31(12-14-32)18-5-3-2-4-6-18/h2-8,15,30H,9-14,16,28-29H2,1H3/b22-15-. The van der Waals surface area contributed by atoms with Crippen molar-refractivity contribution in [1.29, 1.82) is 0 Å². The van der Waals surface area contributed by atoms with Gasteiger partial charge in [0, 0.05) is 56.5 Å². The molecule has 2 aliphatic rings. The van der Waals surface area contributed by atoms with Gasteiger partial charge < -0.3 is 31.5 Å². The molecule has 0 aliphatic carbocycles. The average molecular weight is 485 g/mol. The molecule has 2 aromatic rings. The summed E-state index contributed by atoms with van der Waals surface area (Å²) in [6.07, 6.45) is 1.61. The summed E-state index contributed by atoms with van der Waals surface area (Å²) < 4.78 is 14.1. The van der Waals surface area contributed by atoms with Crippen LogP contribution in [0.25, 0.3) is 0 Å². The first-order valence-electron chi connectivity index (χ1n) is 11.3. The van der Waals surface area contributed by atoms with Crippen LogP contribution in [-0.4, -0.2) is 55.0 Å². The Kier molecular flexibility index (Phi) is 7.17. The Labute approximate surface area is 204 Å². The van der Waals surface area contributed by atoms with E-state index in [1.54, 1.807) is 24.0 Å². The van der Waals surface area contributed by atoms with Gasteiger partial charge in [-0.1, -0.05) is 29.8 Å². The van der Waals surface area contributed by atoms with Crippen molar-refractivity contribution >= 4 is 23.2 Å². The lowest BCUT2D eigenvalue weighted by Crippen LogP contribution is -2.50. The Morgan fingerprint density at radius 1 is 1.12 bits per heavy atom. The van der Waals surface area contributed by atoms with Crippen molar-refractivity contribution in [3.63, 3.8) is 0 Å². The summed E-state index contributed by atoms with van der Waals surface area (Å²) in [6.45, 7) is 5.91. The predicted octanol–water partition coefficient (Wildman–Crippen LogP) is 2.51. The fraction of sp³-hybridized carbons (Fsp3) is 0.320. The molecule has 0 radical (unpaired) electrons. The molecular weight excluding hydrogens is 455 g/mol. The van der Waals surface area contributed by atoms with Crippen LogP contribution in [-0.2, 0) is 11.3 Å². The Bertz CT molecular complexity index is 1110. The maximum absolute atomic E-state index is 14.1. The summed E-state index contributed by atoms with van der Waals surface area (Å²) in [4.78, 5) is 19.1. The zero-order valence-electron chi connectivity index (χ0n) is 19.2. The van der Waals surface area contributed by atoms with Gasteiger partial charge in [0.25, 0.3) is 5.91 Å². The van der Waals surface area contributed by atoms with E-state index in [4.69, 9.17) is 23.1 Å². The first kappa shape index (κ1) is 23.8. The van der Waals surface area contributed by atoms with Crippen molar-refractivity contribution in [1.82, 2.24) is 15.1 Å². The topological polar surface area (TPSA) is 90.9 Å². The first-order valence-corrected chi connectivity index (χ1v) is 11.7. The molecule has 1 fully saturated rings. The highest BCUT2D eigenvalue weighted by atomic mass is 35.5. The SMILES string of the molecule is Cc1c(F)ccc(Cl)c1CN1CCNC(N)=C1/C=C(\N)C(=O)N1CCN(c2ccccc2)CC1. The molecule has 0 aromatic heterocycles. The number of rotatable bonds is 5. The molecule has 0 saturated carbocycles. The molecule has 9 heteroatoms. The molecule has 0 unspecified atom stereocenters. The maximum Gasteiger partial charge on any atom is 0.269 e. The lowest BCUT2D eigenvalue weighted by Gasteiger charge is -2.36. The fourth-order valence-corrected chi connectivity index (χ4v) is 4.58. The van der Waals surface area contributed by atoms with Gasteiger partial charge in [0.15, 0.2) is 0 Å². The van der Waals surface area contributed by atoms with Crippen LogP contribution in [0.3, 0.4) is 0 Å². The fourth-order valence-electron chi connectivity index (χ4n) is 4.32. The number of carbonyl (C=O) groups excluding carboxylic acids is 1. The second kappa shape index (κ2) is 10.3. The summed E-state index contributed by atoms with van der Waals surface area (Å²) in [7, 11) is 0. The zero-order valence-corrected chi connectivity index (χ0v) is 20.0. The van der Waals surface area contributed by atoms with E-state index in [1.165, 1.54) is 6.07 Å². The quantitative estimate of drug-likeness (QED) is 0.565. The van der Waals surface area contributed by atoms with E-state index < -0.39 is 0 Å². The molecule has 2 aliphatic heterocycles. The van der Waals surface area contributed by atoms with Crippen molar-refractivity contribution in [2.75, 3.05) is 44.2 Å². The summed E-state index contributed by atoms with van der Waals surface area (Å²) in [5.74, 6) is -0.118. The van der Waals surface area contributed by atoms with E-state index in [0.29, 0.717) is 60.4 Å². The van der Waals surface area contributed by atoms with E-state index in [9.17, 15) is 9.18 Å². The van der Waals surface area contributed by atoms with Gasteiger partial charge in [-0.25, -0.2) is 4.39 Å². The van der Waals surface area contributed by atoms with Crippen LogP contribution in [0.5, 0.6) is 0 Å². The molecule has 1 amide bonds. The number of allylic oxidation sites excluding steroid dienone is 1. The number of benzene rings is 2. The van der Waals surface area contributed by atoms with Gasteiger partial charge in [-0.3, -0.25) is 4.79 Å².